The van der Waals surface area contributed by atoms with Crippen LogP contribution in [-0.2, 0) is 11.3 Å². The molecule has 0 spiro atoms. The van der Waals surface area contributed by atoms with Crippen molar-refractivity contribution in [2.24, 2.45) is 0 Å². The number of esters is 1. The average Bonchev–Trinajstić information content (AvgIpc) is 3.02. The Hall–Kier alpha value is -2.16. The fourth-order valence-electron chi connectivity index (χ4n) is 2.87. The number of ether oxygens (including phenoxy) is 2. The summed E-state index contributed by atoms with van der Waals surface area (Å²) in [7, 11) is 1.38. The summed E-state index contributed by atoms with van der Waals surface area (Å²) in [4.78, 5) is 12.0. The van der Waals surface area contributed by atoms with Crippen LogP contribution in [0.25, 0.3) is 0 Å². The van der Waals surface area contributed by atoms with Crippen LogP contribution in [0.15, 0.2) is 46.8 Å². The number of carbonyl (C=O) groups excluding carboxylic acids is 1. The summed E-state index contributed by atoms with van der Waals surface area (Å²) in [6, 6.07) is 13.5. The summed E-state index contributed by atoms with van der Waals surface area (Å²) >= 11 is 8.18. The smallest absolute Gasteiger partial charge is 0.337 e. The van der Waals surface area contributed by atoms with Gasteiger partial charge in [0.1, 0.15) is 12.4 Å². The van der Waals surface area contributed by atoms with E-state index in [0.717, 1.165) is 26.8 Å². The highest BCUT2D eigenvalue weighted by atomic mass is 32.2. The first-order chi connectivity index (χ1) is 12.7. The molecule has 2 aromatic carbocycles. The zero-order valence-corrected chi connectivity index (χ0v) is 16.2. The zero-order chi connectivity index (χ0) is 18.1. The van der Waals surface area contributed by atoms with Crippen molar-refractivity contribution in [2.75, 3.05) is 7.11 Å². The number of fused-ring (bicyclic) bond motifs is 2. The average molecular weight is 403 g/mol. The summed E-state index contributed by atoms with van der Waals surface area (Å²) in [5.74, 6) is 0.384. The Morgan fingerprint density at radius 2 is 2.19 bits per heavy atom. The number of rotatable bonds is 3. The minimum atomic E-state index is -0.371. The number of benzene rings is 2. The van der Waals surface area contributed by atoms with Crippen molar-refractivity contribution in [1.82, 2.24) is 10.2 Å². The van der Waals surface area contributed by atoms with Gasteiger partial charge in [0, 0.05) is 5.56 Å². The largest absolute Gasteiger partial charge is 0.489 e. The third-order valence-corrected chi connectivity index (χ3v) is 6.53. The first-order valence-electron chi connectivity index (χ1n) is 7.80. The molecule has 0 fully saturated rings. The van der Waals surface area contributed by atoms with Crippen LogP contribution in [0.4, 0.5) is 0 Å². The van der Waals surface area contributed by atoms with Crippen molar-refractivity contribution in [1.29, 1.82) is 0 Å². The molecule has 1 aliphatic rings. The summed E-state index contributed by atoms with van der Waals surface area (Å²) in [5.41, 5.74) is 3.66. The van der Waals surface area contributed by atoms with Gasteiger partial charge in [0.05, 0.1) is 17.9 Å². The zero-order valence-electron chi connectivity index (χ0n) is 13.7. The van der Waals surface area contributed by atoms with Gasteiger partial charge in [-0.05, 0) is 41.5 Å². The highest BCUT2D eigenvalue weighted by Gasteiger charge is 2.27. The fraction of sp³-hybridized carbons (Fsp3) is 0.167. The number of nitrogens with zero attached hydrogens (tertiary/aromatic N) is 1. The van der Waals surface area contributed by atoms with Crippen molar-refractivity contribution in [3.8, 4) is 5.75 Å². The van der Waals surface area contributed by atoms with E-state index in [1.54, 1.807) is 17.8 Å². The molecule has 26 heavy (non-hydrogen) atoms. The van der Waals surface area contributed by atoms with Gasteiger partial charge in [-0.15, -0.1) is 0 Å². The Labute approximate surface area is 163 Å². The van der Waals surface area contributed by atoms with Crippen LogP contribution in [0, 0.1) is 3.95 Å². The van der Waals surface area contributed by atoms with Crippen LogP contribution >= 0.6 is 35.3 Å². The lowest BCUT2D eigenvalue weighted by atomic mass is 9.98. The van der Waals surface area contributed by atoms with Gasteiger partial charge in [0.2, 0.25) is 0 Å². The molecule has 0 saturated heterocycles. The summed E-state index contributed by atoms with van der Waals surface area (Å²) in [6.45, 7) is 0.480. The van der Waals surface area contributed by atoms with Crippen LogP contribution in [0.3, 0.4) is 0 Å². The maximum absolute atomic E-state index is 12.0. The van der Waals surface area contributed by atoms with Gasteiger partial charge < -0.3 is 9.47 Å². The molecule has 8 heteroatoms. The molecular formula is C18H14N2O3S3. The summed E-state index contributed by atoms with van der Waals surface area (Å²) < 4.78 is 12.3. The lowest BCUT2D eigenvalue weighted by molar-refractivity contribution is 0.0600. The Morgan fingerprint density at radius 3 is 2.96 bits per heavy atom. The Balaban J connectivity index is 1.86. The molecule has 0 amide bonds. The molecule has 132 valence electrons. The van der Waals surface area contributed by atoms with Gasteiger partial charge in [-0.2, -0.15) is 5.10 Å². The van der Waals surface area contributed by atoms with E-state index >= 15 is 0 Å². The van der Waals surface area contributed by atoms with E-state index in [2.05, 4.69) is 22.3 Å². The van der Waals surface area contributed by atoms with Crippen molar-refractivity contribution < 1.29 is 14.3 Å². The first-order valence-corrected chi connectivity index (χ1v) is 9.91. The number of methoxy groups -OCH3 is 1. The van der Waals surface area contributed by atoms with Gasteiger partial charge in [0.25, 0.3) is 0 Å². The number of H-pyrrole nitrogens is 1. The van der Waals surface area contributed by atoms with Gasteiger partial charge in [-0.3, -0.25) is 5.10 Å². The molecule has 1 unspecified atom stereocenters. The first kappa shape index (κ1) is 17.3. The molecule has 1 aromatic heterocycles. The molecular weight excluding hydrogens is 388 g/mol. The second kappa shape index (κ2) is 7.22. The Bertz CT molecular complexity index is 1030. The van der Waals surface area contributed by atoms with Crippen molar-refractivity contribution in [2.45, 2.75) is 16.2 Å². The number of carbonyl (C=O) groups is 1. The van der Waals surface area contributed by atoms with Crippen molar-refractivity contribution in [3.05, 3.63) is 68.7 Å². The highest BCUT2D eigenvalue weighted by Crippen LogP contribution is 2.47. The van der Waals surface area contributed by atoms with Gasteiger partial charge >= 0.3 is 5.97 Å². The van der Waals surface area contributed by atoms with E-state index in [-0.39, 0.29) is 11.2 Å². The third kappa shape index (κ3) is 3.27. The molecule has 1 N–H and O–H groups in total. The third-order valence-electron chi connectivity index (χ3n) is 4.07. The monoisotopic (exact) mass is 402 g/mol. The second-order valence-electron chi connectivity index (χ2n) is 5.61. The lowest BCUT2D eigenvalue weighted by Crippen LogP contribution is -2.04. The normalized spacial score (nSPS) is 15.3. The number of hydrogen-bond acceptors (Lipinski definition) is 7. The number of aromatic amines is 1. The Kier molecular flexibility index (Phi) is 4.80. The van der Waals surface area contributed by atoms with E-state index in [4.69, 9.17) is 21.7 Å². The highest BCUT2D eigenvalue weighted by molar-refractivity contribution is 8.01. The fourth-order valence-corrected chi connectivity index (χ4v) is 5.35. The molecule has 4 rings (SSSR count). The van der Waals surface area contributed by atoms with Crippen LogP contribution < -0.4 is 4.74 Å². The number of nitrogens with one attached hydrogen (secondary N) is 1. The molecule has 0 bridgehead atoms. The van der Waals surface area contributed by atoms with E-state index in [9.17, 15) is 4.79 Å². The van der Waals surface area contributed by atoms with E-state index < -0.39 is 0 Å². The molecule has 1 aliphatic heterocycles. The predicted octanol–water partition coefficient (Wildman–Crippen LogP) is 4.76. The van der Waals surface area contributed by atoms with Gasteiger partial charge in [0.15, 0.2) is 8.29 Å². The number of hydrogen-bond donors (Lipinski definition) is 1. The van der Waals surface area contributed by atoms with Crippen LogP contribution in [0.2, 0.25) is 0 Å². The van der Waals surface area contributed by atoms with Crippen LogP contribution in [-0.4, -0.2) is 23.3 Å². The molecule has 2 heterocycles. The SMILES string of the molecule is COC(=O)c1ccc2c(c1)C(Sc1n[nH]c(=S)s1)c1ccccc1CO2. The summed E-state index contributed by atoms with van der Waals surface area (Å²) in [5, 5.41) is 7.03. The van der Waals surface area contributed by atoms with E-state index in [1.807, 2.05) is 24.3 Å². The van der Waals surface area contributed by atoms with E-state index in [0.29, 0.717) is 16.1 Å². The molecule has 0 aliphatic carbocycles. The van der Waals surface area contributed by atoms with E-state index in [1.165, 1.54) is 18.4 Å². The molecule has 0 radical (unpaired) electrons. The van der Waals surface area contributed by atoms with Crippen molar-refractivity contribution >= 4 is 41.3 Å². The van der Waals surface area contributed by atoms with Crippen LogP contribution in [0.5, 0.6) is 5.75 Å². The minimum Gasteiger partial charge on any atom is -0.489 e. The standard InChI is InChI=1S/C18H14N2O3S3/c1-22-16(21)10-6-7-14-13(8-10)15(25-18-20-19-17(24)26-18)12-5-3-2-4-11(12)9-23-14/h2-8,15H,9H2,1H3,(H,19,24). The minimum absolute atomic E-state index is 0.0674. The van der Waals surface area contributed by atoms with Crippen LogP contribution in [0.1, 0.15) is 32.3 Å². The van der Waals surface area contributed by atoms with Crippen molar-refractivity contribution in [3.63, 3.8) is 0 Å². The van der Waals surface area contributed by atoms with Gasteiger partial charge in [-0.25, -0.2) is 4.79 Å². The topological polar surface area (TPSA) is 64.2 Å². The maximum atomic E-state index is 12.0. The quantitative estimate of drug-likeness (QED) is 0.503. The second-order valence-corrected chi connectivity index (χ2v) is 8.63. The molecule has 5 nitrogen and oxygen atoms in total. The maximum Gasteiger partial charge on any atom is 0.337 e. The predicted molar refractivity (Wildman–Crippen MR) is 104 cm³/mol. The Morgan fingerprint density at radius 1 is 1.35 bits per heavy atom. The molecule has 3 aromatic rings. The lowest BCUT2D eigenvalue weighted by Gasteiger charge is -2.17. The molecule has 1 atom stereocenters. The van der Waals surface area contributed by atoms with Gasteiger partial charge in [-0.1, -0.05) is 47.4 Å². The summed E-state index contributed by atoms with van der Waals surface area (Å²) in [6.07, 6.45) is 0. The number of aromatic nitrogens is 2. The number of thioether (sulfide) groups is 1. The molecule has 0 saturated carbocycles.